The van der Waals surface area contributed by atoms with E-state index in [9.17, 15) is 24.0 Å². The summed E-state index contributed by atoms with van der Waals surface area (Å²) in [5.41, 5.74) is 7.79. The van der Waals surface area contributed by atoms with Gasteiger partial charge in [0.2, 0.25) is 23.6 Å². The minimum absolute atomic E-state index is 0.00771. The Bertz CT molecular complexity index is 2550. The van der Waals surface area contributed by atoms with Gasteiger partial charge in [-0.3, -0.25) is 24.0 Å². The van der Waals surface area contributed by atoms with Crippen molar-refractivity contribution in [2.24, 2.45) is 23.0 Å². The molecule has 3 saturated carbocycles. The van der Waals surface area contributed by atoms with Gasteiger partial charge in [-0.25, -0.2) is 0 Å². The van der Waals surface area contributed by atoms with Crippen LogP contribution in [0.2, 0.25) is 0 Å². The van der Waals surface area contributed by atoms with Crippen LogP contribution in [-0.4, -0.2) is 105 Å². The normalized spacial score (nSPS) is 25.8. The predicted molar refractivity (Wildman–Crippen MR) is 282 cm³/mol. The molecular weight excluding hydrogens is 925 g/mol. The van der Waals surface area contributed by atoms with Crippen LogP contribution in [0.4, 0.5) is 0 Å². The van der Waals surface area contributed by atoms with Gasteiger partial charge in [-0.1, -0.05) is 77.1 Å². The number of hydrogen-bond donors (Lipinski definition) is 5. The van der Waals surface area contributed by atoms with Crippen molar-refractivity contribution in [3.05, 3.63) is 87.8 Å². The largest absolute Gasteiger partial charge is 0.496 e. The fraction of sp³-hybridized carbons (Fsp3) is 0.571. The second-order valence-corrected chi connectivity index (χ2v) is 21.4. The van der Waals surface area contributed by atoms with Crippen LogP contribution in [0.25, 0.3) is 16.0 Å². The Morgan fingerprint density at radius 2 is 1.58 bits per heavy atom. The number of nitrogens with two attached hydrogens (primary N) is 1. The summed E-state index contributed by atoms with van der Waals surface area (Å²) in [6.45, 7) is 18.3. The maximum absolute atomic E-state index is 14.8. The number of fused-ring (bicyclic) bond motifs is 5. The zero-order valence-electron chi connectivity index (χ0n) is 44.3. The van der Waals surface area contributed by atoms with Gasteiger partial charge in [0.1, 0.15) is 35.7 Å². The van der Waals surface area contributed by atoms with Crippen molar-refractivity contribution < 1.29 is 42.8 Å². The number of rotatable bonds is 19. The molecule has 8 rings (SSSR count). The Morgan fingerprint density at radius 1 is 0.904 bits per heavy atom. The molecule has 2 heterocycles. The molecule has 3 aliphatic carbocycles. The number of methoxy groups -OCH3 is 2. The van der Waals surface area contributed by atoms with E-state index in [2.05, 4.69) is 46.9 Å². The first-order chi connectivity index (χ1) is 34.8. The lowest BCUT2D eigenvalue weighted by Gasteiger charge is -2.63. The summed E-state index contributed by atoms with van der Waals surface area (Å²) in [5.74, 6) is -2.10. The number of ether oxygens (including phenoxy) is 2. The predicted octanol–water partition coefficient (Wildman–Crippen LogP) is 6.92. The highest BCUT2D eigenvalue weighted by Gasteiger charge is 2.81. The second kappa shape index (κ2) is 23.1. The van der Waals surface area contributed by atoms with Crippen molar-refractivity contribution in [3.8, 4) is 29.2 Å². The second-order valence-electron chi connectivity index (χ2n) is 21.4. The fourth-order valence-corrected chi connectivity index (χ4v) is 11.7. The number of hydrogen-bond acceptors (Lipinski definition) is 10. The molecule has 6 N–H and O–H groups in total. The summed E-state index contributed by atoms with van der Waals surface area (Å²) in [5, 5.41) is 11.7. The van der Waals surface area contributed by atoms with Gasteiger partial charge in [-0.2, -0.15) is 0 Å². The number of nitrogens with zero attached hydrogens (tertiary/aromatic N) is 2. The monoisotopic (exact) mass is 1000 g/mol. The fourth-order valence-electron chi connectivity index (χ4n) is 11.7. The summed E-state index contributed by atoms with van der Waals surface area (Å²) < 4.78 is 25.0. The molecule has 0 aromatic heterocycles. The molecule has 5 aliphatic rings. The molecule has 3 aromatic rings. The van der Waals surface area contributed by atoms with E-state index in [1.807, 2.05) is 31.2 Å². The minimum atomic E-state index is -1.32. The molecule has 6 bridgehead atoms. The molecule has 73 heavy (non-hydrogen) atoms. The topological polar surface area (TPSA) is 204 Å². The molecule has 392 valence electrons. The van der Waals surface area contributed by atoms with Crippen molar-refractivity contribution >= 4 is 36.7 Å². The van der Waals surface area contributed by atoms with Gasteiger partial charge < -0.3 is 50.7 Å². The first-order valence-corrected chi connectivity index (χ1v) is 26.3. The van der Waals surface area contributed by atoms with E-state index < -0.39 is 78.1 Å². The Kier molecular flexibility index (Phi) is 17.3. The molecule has 9 atom stereocenters. The van der Waals surface area contributed by atoms with Crippen molar-refractivity contribution in [2.75, 3.05) is 27.8 Å². The highest BCUT2D eigenvalue weighted by atomic mass is 16.7. The third-order valence-electron chi connectivity index (χ3n) is 16.3. The molecule has 16 nitrogen and oxygen atoms in total. The number of likely N-dealkylation sites (N-methyl/N-ethyl adjacent to an activating group) is 1. The van der Waals surface area contributed by atoms with E-state index in [1.54, 1.807) is 43.3 Å². The molecule has 4 fully saturated rings. The Morgan fingerprint density at radius 3 is 2.23 bits per heavy atom. The number of aryl methyl sites for hydroxylation is 1. The SMILES string of the molecule is C#[N+][C@@]12C[C@@H]3C[C@@H](C3(C)C)[C@]1(C)OB([C@H](C)NC(=O)[C@@H]1Cc3ccc(OC)c(c3)-c3cc(ccc3OC)[C@H](N(C)C(=O)[C@H](CCCN)NC(=O)c3ccc(CCCCCCCC)cc3)C(=O)N[C@@H](C)C(=O)N1)O2. The van der Waals surface area contributed by atoms with E-state index in [-0.39, 0.29) is 30.7 Å². The zero-order valence-corrected chi connectivity index (χ0v) is 44.3. The van der Waals surface area contributed by atoms with Gasteiger partial charge in [-0.05, 0) is 129 Å². The third kappa shape index (κ3) is 11.3. The Balaban J connectivity index is 1.15. The number of benzene rings is 3. The van der Waals surface area contributed by atoms with Crippen molar-refractivity contribution in [3.63, 3.8) is 0 Å². The summed E-state index contributed by atoms with van der Waals surface area (Å²) in [7, 11) is 3.67. The zero-order chi connectivity index (χ0) is 52.8. The quantitative estimate of drug-likeness (QED) is 0.0620. The molecule has 2 aliphatic heterocycles. The minimum Gasteiger partial charge on any atom is -0.496 e. The van der Waals surface area contributed by atoms with Crippen molar-refractivity contribution in [2.45, 2.75) is 160 Å². The van der Waals surface area contributed by atoms with Crippen LogP contribution in [0.3, 0.4) is 0 Å². The lowest BCUT2D eigenvalue weighted by molar-refractivity contribution is -0.226. The molecule has 0 unspecified atom stereocenters. The summed E-state index contributed by atoms with van der Waals surface area (Å²) in [4.78, 5) is 77.7. The summed E-state index contributed by atoms with van der Waals surface area (Å²) in [6.07, 6.45) is 10.3. The molecule has 0 radical (unpaired) electrons. The molecule has 1 saturated heterocycles. The van der Waals surface area contributed by atoms with Crippen LogP contribution in [0.1, 0.15) is 139 Å². The number of unbranched alkanes of at least 4 members (excludes halogenated alkanes) is 5. The van der Waals surface area contributed by atoms with Crippen LogP contribution >= 0.6 is 0 Å². The lowest BCUT2D eigenvalue weighted by Crippen LogP contribution is -2.70. The average Bonchev–Trinajstić information content (AvgIpc) is 3.71. The Labute approximate surface area is 431 Å². The first-order valence-electron chi connectivity index (χ1n) is 26.3. The van der Waals surface area contributed by atoms with Gasteiger partial charge in [0, 0.05) is 36.1 Å². The smallest absolute Gasteiger partial charge is 0.487 e. The molecule has 17 heteroatoms. The third-order valence-corrected chi connectivity index (χ3v) is 16.3. The van der Waals surface area contributed by atoms with Gasteiger partial charge in [-0.15, -0.1) is 0 Å². The molecule has 3 aromatic carbocycles. The van der Waals surface area contributed by atoms with E-state index in [4.69, 9.17) is 31.1 Å². The average molecular weight is 1000 g/mol. The maximum Gasteiger partial charge on any atom is 0.487 e. The van der Waals surface area contributed by atoms with Crippen LogP contribution < -0.4 is 36.5 Å². The summed E-state index contributed by atoms with van der Waals surface area (Å²) in [6, 6.07) is 13.3. The van der Waals surface area contributed by atoms with Gasteiger partial charge >= 0.3 is 12.8 Å². The van der Waals surface area contributed by atoms with E-state index in [0.29, 0.717) is 58.1 Å². The van der Waals surface area contributed by atoms with E-state index in [0.717, 1.165) is 31.2 Å². The van der Waals surface area contributed by atoms with Crippen molar-refractivity contribution in [1.82, 2.24) is 26.2 Å². The highest BCUT2D eigenvalue weighted by Crippen LogP contribution is 2.69. The molecular formula is C56H77BN7O9+. The molecule has 5 amide bonds. The van der Waals surface area contributed by atoms with Crippen molar-refractivity contribution in [1.29, 1.82) is 0 Å². The van der Waals surface area contributed by atoms with Crippen LogP contribution in [0, 0.1) is 23.8 Å². The number of carbonyl (C=O) groups excluding carboxylic acids is 5. The van der Waals surface area contributed by atoms with Crippen LogP contribution in [-0.2, 0) is 41.3 Å². The number of amides is 5. The molecule has 0 spiro atoms. The van der Waals surface area contributed by atoms with E-state index in [1.165, 1.54) is 58.8 Å². The maximum atomic E-state index is 14.8. The Hall–Kier alpha value is -5.96. The first kappa shape index (κ1) is 54.8. The van der Waals surface area contributed by atoms with E-state index >= 15 is 0 Å². The van der Waals surface area contributed by atoms with Crippen LogP contribution in [0.5, 0.6) is 11.5 Å². The lowest BCUT2D eigenvalue weighted by atomic mass is 9.42. The van der Waals surface area contributed by atoms with Gasteiger partial charge in [0.15, 0.2) is 5.60 Å². The standard InChI is InChI=1S/C56H76BN7O9/c1-11-12-13-14-15-16-18-36-20-23-38(24-21-36)50(66)62-43(19-17-28-58)53(69)64(8)48-39-25-27-46(71-10)42(31-39)41-29-37(22-26-45(41)70-9)30-44(63-49(65)34(2)60-52(48)68)51(67)61-35(3)57-72-55(6)47-32-40(54(47,4)5)33-56(55,59-7)73-57/h7,20-27,29,31,34-35,40,43-44,47-48H,11-19,28,30,32-33,58H2,1-6,8-10H3,(H3-,60,61,62,63,65,66,67,68)/p+1/t34-,35-,40-,43-,44-,47-,48-,55-,56+/m0/s1. The van der Waals surface area contributed by atoms with Gasteiger partial charge in [0.25, 0.3) is 12.5 Å². The number of carbonyl (C=O) groups is 5. The van der Waals surface area contributed by atoms with Crippen LogP contribution in [0.15, 0.2) is 60.7 Å². The number of nitrogens with one attached hydrogen (secondary N) is 4. The van der Waals surface area contributed by atoms with Gasteiger partial charge in [0.05, 0.1) is 26.6 Å². The summed E-state index contributed by atoms with van der Waals surface area (Å²) >= 11 is 0. The highest BCUT2D eigenvalue weighted by molar-refractivity contribution is 6.48.